The number of likely N-dealkylation sites (N-methyl/N-ethyl adjacent to an activating group) is 1. The molecule has 0 aliphatic carbocycles. The van der Waals surface area contributed by atoms with Crippen LogP contribution >= 0.6 is 0 Å². The number of hydrogen-bond acceptors (Lipinski definition) is 6. The van der Waals surface area contributed by atoms with E-state index in [1.54, 1.807) is 14.2 Å². The first-order chi connectivity index (χ1) is 15.4. The Morgan fingerprint density at radius 2 is 1.72 bits per heavy atom. The van der Waals surface area contributed by atoms with Gasteiger partial charge in [0.1, 0.15) is 11.5 Å². The molecule has 1 unspecified atom stereocenters. The molecule has 172 valence electrons. The third kappa shape index (κ3) is 5.28. The van der Waals surface area contributed by atoms with Crippen molar-refractivity contribution in [2.75, 3.05) is 41.1 Å². The van der Waals surface area contributed by atoms with E-state index >= 15 is 0 Å². The molecular formula is C26H34N2O4. The molecule has 0 spiro atoms. The first-order valence-corrected chi connectivity index (χ1v) is 11.1. The molecule has 1 heterocycles. The highest BCUT2D eigenvalue weighted by Gasteiger charge is 2.36. The molecule has 2 aromatic carbocycles. The number of methoxy groups -OCH3 is 2. The predicted octanol–water partition coefficient (Wildman–Crippen LogP) is 4.80. The Morgan fingerprint density at radius 3 is 2.34 bits per heavy atom. The molecule has 0 saturated heterocycles. The minimum absolute atomic E-state index is 0.156. The molecule has 3 rings (SSSR count). The lowest BCUT2D eigenvalue weighted by atomic mass is 9.69. The van der Waals surface area contributed by atoms with Crippen molar-refractivity contribution in [1.29, 1.82) is 5.26 Å². The fourth-order valence-corrected chi connectivity index (χ4v) is 4.24. The molecule has 32 heavy (non-hydrogen) atoms. The SMILES string of the molecule is COc1cc(OC)cc(C(C#N)(CCCN(C)CCc2ccc3c(c2)OCO3)C(C)C)c1. The van der Waals surface area contributed by atoms with Crippen LogP contribution in [0.4, 0.5) is 0 Å². The van der Waals surface area contributed by atoms with Crippen LogP contribution in [0.25, 0.3) is 0 Å². The molecule has 0 aromatic heterocycles. The molecule has 2 aromatic rings. The average Bonchev–Trinajstić information content (AvgIpc) is 3.28. The topological polar surface area (TPSA) is 64.0 Å². The lowest BCUT2D eigenvalue weighted by Gasteiger charge is -2.32. The summed E-state index contributed by atoms with van der Waals surface area (Å²) in [5.74, 6) is 3.22. The van der Waals surface area contributed by atoms with E-state index in [0.717, 1.165) is 49.4 Å². The Kier molecular flexibility index (Phi) is 7.87. The molecule has 1 atom stereocenters. The van der Waals surface area contributed by atoms with Crippen molar-refractivity contribution >= 4 is 0 Å². The van der Waals surface area contributed by atoms with Crippen molar-refractivity contribution in [2.45, 2.75) is 38.5 Å². The molecule has 1 aliphatic heterocycles. The third-order valence-electron chi connectivity index (χ3n) is 6.38. The number of fused-ring (bicyclic) bond motifs is 1. The normalized spacial score (nSPS) is 14.3. The van der Waals surface area contributed by atoms with Gasteiger partial charge < -0.3 is 23.8 Å². The first kappa shape index (κ1) is 23.7. The number of nitrogens with zero attached hydrogens (tertiary/aromatic N) is 2. The zero-order chi connectivity index (χ0) is 23.1. The van der Waals surface area contributed by atoms with E-state index < -0.39 is 5.41 Å². The van der Waals surface area contributed by atoms with Gasteiger partial charge in [-0.3, -0.25) is 0 Å². The summed E-state index contributed by atoms with van der Waals surface area (Å²) in [5.41, 5.74) is 1.59. The fraction of sp³-hybridized carbons (Fsp3) is 0.500. The molecule has 0 radical (unpaired) electrons. The summed E-state index contributed by atoms with van der Waals surface area (Å²) >= 11 is 0. The molecule has 0 N–H and O–H groups in total. The van der Waals surface area contributed by atoms with Crippen LogP contribution in [0.3, 0.4) is 0 Å². The average molecular weight is 439 g/mol. The second-order valence-corrected chi connectivity index (χ2v) is 8.68. The monoisotopic (exact) mass is 438 g/mol. The van der Waals surface area contributed by atoms with Crippen LogP contribution in [0.15, 0.2) is 36.4 Å². The summed E-state index contributed by atoms with van der Waals surface area (Å²) < 4.78 is 21.8. The summed E-state index contributed by atoms with van der Waals surface area (Å²) in [6, 6.07) is 14.5. The Hall–Kier alpha value is -2.91. The summed E-state index contributed by atoms with van der Waals surface area (Å²) in [7, 11) is 5.40. The van der Waals surface area contributed by atoms with Gasteiger partial charge in [-0.1, -0.05) is 19.9 Å². The van der Waals surface area contributed by atoms with Gasteiger partial charge in [0.15, 0.2) is 11.5 Å². The molecule has 0 amide bonds. The Morgan fingerprint density at radius 1 is 1.03 bits per heavy atom. The summed E-state index contributed by atoms with van der Waals surface area (Å²) in [6.45, 7) is 6.38. The van der Waals surface area contributed by atoms with E-state index in [1.165, 1.54) is 5.56 Å². The van der Waals surface area contributed by atoms with Crippen LogP contribution in [-0.4, -0.2) is 46.0 Å². The van der Waals surface area contributed by atoms with Crippen LogP contribution in [0.5, 0.6) is 23.0 Å². The highest BCUT2D eigenvalue weighted by atomic mass is 16.7. The van der Waals surface area contributed by atoms with Gasteiger partial charge in [-0.15, -0.1) is 0 Å². The maximum atomic E-state index is 10.3. The minimum atomic E-state index is -0.597. The Balaban J connectivity index is 1.61. The van der Waals surface area contributed by atoms with Gasteiger partial charge in [0.25, 0.3) is 0 Å². The van der Waals surface area contributed by atoms with E-state index in [-0.39, 0.29) is 5.92 Å². The maximum absolute atomic E-state index is 10.3. The Labute approximate surface area is 191 Å². The van der Waals surface area contributed by atoms with Crippen molar-refractivity contribution in [3.63, 3.8) is 0 Å². The van der Waals surface area contributed by atoms with E-state index in [4.69, 9.17) is 18.9 Å². The lowest BCUT2D eigenvalue weighted by molar-refractivity contribution is 0.174. The van der Waals surface area contributed by atoms with Crippen molar-refractivity contribution < 1.29 is 18.9 Å². The van der Waals surface area contributed by atoms with Gasteiger partial charge in [-0.25, -0.2) is 0 Å². The van der Waals surface area contributed by atoms with Crippen LogP contribution in [0, 0.1) is 17.2 Å². The van der Waals surface area contributed by atoms with Gasteiger partial charge in [-0.05, 0) is 74.2 Å². The molecular weight excluding hydrogens is 404 g/mol. The molecule has 6 nitrogen and oxygen atoms in total. The Bertz CT molecular complexity index is 931. The largest absolute Gasteiger partial charge is 0.497 e. The van der Waals surface area contributed by atoms with Crippen LogP contribution in [0.2, 0.25) is 0 Å². The van der Waals surface area contributed by atoms with Gasteiger partial charge in [0, 0.05) is 12.6 Å². The quantitative estimate of drug-likeness (QED) is 0.502. The van der Waals surface area contributed by atoms with Crippen molar-refractivity contribution in [3.05, 3.63) is 47.5 Å². The first-order valence-electron chi connectivity index (χ1n) is 11.1. The highest BCUT2D eigenvalue weighted by Crippen LogP contribution is 2.40. The lowest BCUT2D eigenvalue weighted by Crippen LogP contribution is -2.32. The van der Waals surface area contributed by atoms with E-state index in [1.807, 2.05) is 24.3 Å². The zero-order valence-electron chi connectivity index (χ0n) is 19.8. The number of benzene rings is 2. The molecule has 6 heteroatoms. The maximum Gasteiger partial charge on any atom is 0.231 e. The number of hydrogen-bond donors (Lipinski definition) is 0. The summed E-state index contributed by atoms with van der Waals surface area (Å²) in [5, 5.41) is 10.3. The van der Waals surface area contributed by atoms with Gasteiger partial charge in [-0.2, -0.15) is 5.26 Å². The second kappa shape index (κ2) is 10.6. The number of rotatable bonds is 11. The predicted molar refractivity (Wildman–Crippen MR) is 125 cm³/mol. The van der Waals surface area contributed by atoms with Gasteiger partial charge in [0.2, 0.25) is 6.79 Å². The van der Waals surface area contributed by atoms with Crippen LogP contribution in [-0.2, 0) is 11.8 Å². The summed E-state index contributed by atoms with van der Waals surface area (Å²) in [4.78, 5) is 2.32. The van der Waals surface area contributed by atoms with E-state index in [9.17, 15) is 5.26 Å². The van der Waals surface area contributed by atoms with Crippen LogP contribution in [0.1, 0.15) is 37.8 Å². The minimum Gasteiger partial charge on any atom is -0.497 e. The fourth-order valence-electron chi connectivity index (χ4n) is 4.24. The van der Waals surface area contributed by atoms with Crippen molar-refractivity contribution in [2.24, 2.45) is 5.92 Å². The smallest absolute Gasteiger partial charge is 0.231 e. The van der Waals surface area contributed by atoms with E-state index in [0.29, 0.717) is 18.3 Å². The van der Waals surface area contributed by atoms with Crippen LogP contribution < -0.4 is 18.9 Å². The van der Waals surface area contributed by atoms with Gasteiger partial charge in [0.05, 0.1) is 25.7 Å². The standard InChI is InChI=1S/C26H34N2O4/c1-19(2)26(17-27,21-14-22(29-4)16-23(15-21)30-5)10-6-11-28(3)12-9-20-7-8-24-25(13-20)32-18-31-24/h7-8,13-16,19H,6,9-12,18H2,1-5H3. The van der Waals surface area contributed by atoms with E-state index in [2.05, 4.69) is 44.0 Å². The second-order valence-electron chi connectivity index (χ2n) is 8.68. The molecule has 0 fully saturated rings. The van der Waals surface area contributed by atoms with Crippen molar-refractivity contribution in [1.82, 2.24) is 4.90 Å². The molecule has 0 saturated carbocycles. The summed E-state index contributed by atoms with van der Waals surface area (Å²) in [6.07, 6.45) is 2.63. The molecule has 1 aliphatic rings. The van der Waals surface area contributed by atoms with Crippen molar-refractivity contribution in [3.8, 4) is 29.1 Å². The highest BCUT2D eigenvalue weighted by molar-refractivity contribution is 5.45. The number of ether oxygens (including phenoxy) is 4. The molecule has 0 bridgehead atoms. The van der Waals surface area contributed by atoms with Gasteiger partial charge >= 0.3 is 0 Å². The number of nitriles is 1. The zero-order valence-corrected chi connectivity index (χ0v) is 19.8. The third-order valence-corrected chi connectivity index (χ3v) is 6.38.